The Balaban J connectivity index is 2.21. The molecule has 0 spiro atoms. The minimum absolute atomic E-state index is 0.0834. The molecule has 1 heterocycles. The first-order valence-corrected chi connectivity index (χ1v) is 5.69. The first kappa shape index (κ1) is 11.1. The highest BCUT2D eigenvalue weighted by Crippen LogP contribution is 2.25. The standard InChI is InChI=1S/C11H11BrN2O2/c1-13-10(15)6-14-5-7-2-3-8(12)4-9(7)11(14)16/h2-4H,5-6H2,1H3,(H,13,15). The van der Waals surface area contributed by atoms with Crippen LogP contribution in [0.3, 0.4) is 0 Å². The Bertz CT molecular complexity index is 459. The predicted octanol–water partition coefficient (Wildman–Crippen LogP) is 1.15. The Kier molecular flexibility index (Phi) is 2.96. The van der Waals surface area contributed by atoms with Crippen LogP contribution in [0.25, 0.3) is 0 Å². The molecule has 2 rings (SSSR count). The summed E-state index contributed by atoms with van der Waals surface area (Å²) in [6.45, 7) is 0.622. The fraction of sp³-hybridized carbons (Fsp3) is 0.273. The zero-order valence-corrected chi connectivity index (χ0v) is 10.4. The van der Waals surface area contributed by atoms with Gasteiger partial charge in [0.15, 0.2) is 0 Å². The van der Waals surface area contributed by atoms with E-state index in [1.807, 2.05) is 12.1 Å². The van der Waals surface area contributed by atoms with Crippen molar-refractivity contribution < 1.29 is 9.59 Å². The fourth-order valence-corrected chi connectivity index (χ4v) is 2.07. The normalized spacial score (nSPS) is 13.9. The molecule has 0 aromatic heterocycles. The van der Waals surface area contributed by atoms with E-state index in [2.05, 4.69) is 21.2 Å². The molecule has 0 radical (unpaired) electrons. The summed E-state index contributed by atoms with van der Waals surface area (Å²) < 4.78 is 0.876. The Hall–Kier alpha value is -1.36. The van der Waals surface area contributed by atoms with E-state index in [1.165, 1.54) is 4.90 Å². The van der Waals surface area contributed by atoms with Crippen molar-refractivity contribution in [1.29, 1.82) is 0 Å². The van der Waals surface area contributed by atoms with Crippen LogP contribution in [0, 0.1) is 0 Å². The summed E-state index contributed by atoms with van der Waals surface area (Å²) in [5.74, 6) is -0.236. The Morgan fingerprint density at radius 3 is 3.00 bits per heavy atom. The van der Waals surface area contributed by atoms with Crippen LogP contribution < -0.4 is 5.32 Å². The third-order valence-electron chi connectivity index (χ3n) is 2.56. The van der Waals surface area contributed by atoms with Crippen molar-refractivity contribution in [3.05, 3.63) is 33.8 Å². The smallest absolute Gasteiger partial charge is 0.255 e. The molecule has 0 saturated heterocycles. The first-order valence-electron chi connectivity index (χ1n) is 4.90. The van der Waals surface area contributed by atoms with E-state index in [0.717, 1.165) is 10.0 Å². The molecule has 0 atom stereocenters. The fourth-order valence-electron chi connectivity index (χ4n) is 1.71. The number of benzene rings is 1. The molecule has 16 heavy (non-hydrogen) atoms. The average Bonchev–Trinajstić information content (AvgIpc) is 2.56. The van der Waals surface area contributed by atoms with Gasteiger partial charge in [-0.2, -0.15) is 0 Å². The zero-order chi connectivity index (χ0) is 11.7. The number of halogens is 1. The van der Waals surface area contributed by atoms with Gasteiger partial charge in [0.05, 0.1) is 0 Å². The second-order valence-electron chi connectivity index (χ2n) is 3.64. The van der Waals surface area contributed by atoms with Crippen molar-refractivity contribution in [2.75, 3.05) is 13.6 Å². The van der Waals surface area contributed by atoms with Crippen LogP contribution in [-0.2, 0) is 11.3 Å². The lowest BCUT2D eigenvalue weighted by atomic mass is 10.1. The van der Waals surface area contributed by atoms with Gasteiger partial charge in [-0.1, -0.05) is 22.0 Å². The van der Waals surface area contributed by atoms with E-state index in [0.29, 0.717) is 12.1 Å². The molecule has 0 unspecified atom stereocenters. The lowest BCUT2D eigenvalue weighted by Crippen LogP contribution is -2.35. The van der Waals surface area contributed by atoms with Crippen LogP contribution in [-0.4, -0.2) is 30.3 Å². The van der Waals surface area contributed by atoms with Crippen LogP contribution >= 0.6 is 15.9 Å². The third kappa shape index (κ3) is 1.95. The van der Waals surface area contributed by atoms with Crippen molar-refractivity contribution in [3.63, 3.8) is 0 Å². The molecule has 0 bridgehead atoms. The second-order valence-corrected chi connectivity index (χ2v) is 4.55. The Labute approximate surface area is 102 Å². The van der Waals surface area contributed by atoms with Gasteiger partial charge >= 0.3 is 0 Å². The first-order chi connectivity index (χ1) is 7.61. The van der Waals surface area contributed by atoms with Gasteiger partial charge in [0.2, 0.25) is 5.91 Å². The van der Waals surface area contributed by atoms with Gasteiger partial charge in [-0.25, -0.2) is 0 Å². The number of carbonyl (C=O) groups excluding carboxylic acids is 2. The van der Waals surface area contributed by atoms with Crippen molar-refractivity contribution in [1.82, 2.24) is 10.2 Å². The molecule has 0 aliphatic carbocycles. The molecule has 4 nitrogen and oxygen atoms in total. The summed E-state index contributed by atoms with van der Waals surface area (Å²) in [6.07, 6.45) is 0. The van der Waals surface area contributed by atoms with E-state index < -0.39 is 0 Å². The molecule has 1 aliphatic rings. The average molecular weight is 283 g/mol. The number of rotatable bonds is 2. The molecule has 1 aliphatic heterocycles. The molecular weight excluding hydrogens is 272 g/mol. The second kappa shape index (κ2) is 4.25. The molecule has 5 heteroatoms. The SMILES string of the molecule is CNC(=O)CN1Cc2ccc(Br)cc2C1=O. The number of likely N-dealkylation sites (N-methyl/N-ethyl adjacent to an activating group) is 1. The van der Waals surface area contributed by atoms with E-state index in [4.69, 9.17) is 0 Å². The minimum atomic E-state index is -0.153. The third-order valence-corrected chi connectivity index (χ3v) is 3.06. The molecular formula is C11H11BrN2O2. The number of amides is 2. The van der Waals surface area contributed by atoms with Crippen LogP contribution in [0.2, 0.25) is 0 Å². The monoisotopic (exact) mass is 282 g/mol. The Morgan fingerprint density at radius 1 is 1.56 bits per heavy atom. The molecule has 1 N–H and O–H groups in total. The minimum Gasteiger partial charge on any atom is -0.358 e. The van der Waals surface area contributed by atoms with Crippen LogP contribution in [0.5, 0.6) is 0 Å². The molecule has 0 fully saturated rings. The topological polar surface area (TPSA) is 49.4 Å². The number of nitrogens with one attached hydrogen (secondary N) is 1. The highest BCUT2D eigenvalue weighted by molar-refractivity contribution is 9.10. The van der Waals surface area contributed by atoms with Crippen molar-refractivity contribution in [3.8, 4) is 0 Å². The zero-order valence-electron chi connectivity index (χ0n) is 8.79. The predicted molar refractivity (Wildman–Crippen MR) is 62.9 cm³/mol. The molecule has 1 aromatic carbocycles. The van der Waals surface area contributed by atoms with Gasteiger partial charge in [-0.05, 0) is 17.7 Å². The summed E-state index contributed by atoms with van der Waals surface area (Å²) in [6, 6.07) is 5.60. The maximum absolute atomic E-state index is 11.9. The number of fused-ring (bicyclic) bond motifs is 1. The Morgan fingerprint density at radius 2 is 2.31 bits per heavy atom. The van der Waals surface area contributed by atoms with Gasteiger partial charge in [0.25, 0.3) is 5.91 Å². The summed E-state index contributed by atoms with van der Waals surface area (Å²) in [4.78, 5) is 24.7. The number of carbonyl (C=O) groups is 2. The van der Waals surface area contributed by atoms with Gasteiger partial charge < -0.3 is 10.2 Å². The van der Waals surface area contributed by atoms with Gasteiger partial charge in [0.1, 0.15) is 6.54 Å². The quantitative estimate of drug-likeness (QED) is 0.885. The van der Waals surface area contributed by atoms with Crippen molar-refractivity contribution >= 4 is 27.7 Å². The van der Waals surface area contributed by atoms with Crippen LogP contribution in [0.15, 0.2) is 22.7 Å². The van der Waals surface area contributed by atoms with Crippen molar-refractivity contribution in [2.45, 2.75) is 6.54 Å². The van der Waals surface area contributed by atoms with E-state index in [-0.39, 0.29) is 18.4 Å². The summed E-state index contributed by atoms with van der Waals surface area (Å²) in [5.41, 5.74) is 1.65. The van der Waals surface area contributed by atoms with Gasteiger partial charge in [-0.3, -0.25) is 9.59 Å². The number of hydrogen-bond donors (Lipinski definition) is 1. The van der Waals surface area contributed by atoms with E-state index >= 15 is 0 Å². The highest BCUT2D eigenvalue weighted by Gasteiger charge is 2.28. The summed E-state index contributed by atoms with van der Waals surface area (Å²) in [5, 5.41) is 2.51. The van der Waals surface area contributed by atoms with Gasteiger partial charge in [0, 0.05) is 23.6 Å². The summed E-state index contributed by atoms with van der Waals surface area (Å²) >= 11 is 3.33. The van der Waals surface area contributed by atoms with E-state index in [9.17, 15) is 9.59 Å². The number of hydrogen-bond acceptors (Lipinski definition) is 2. The van der Waals surface area contributed by atoms with Crippen LogP contribution in [0.1, 0.15) is 15.9 Å². The summed E-state index contributed by atoms with van der Waals surface area (Å²) in [7, 11) is 1.56. The maximum Gasteiger partial charge on any atom is 0.255 e. The van der Waals surface area contributed by atoms with Crippen molar-refractivity contribution in [2.24, 2.45) is 0 Å². The molecule has 0 saturated carbocycles. The molecule has 2 amide bonds. The lowest BCUT2D eigenvalue weighted by molar-refractivity contribution is -0.121. The van der Waals surface area contributed by atoms with Gasteiger partial charge in [-0.15, -0.1) is 0 Å². The van der Waals surface area contributed by atoms with Crippen LogP contribution in [0.4, 0.5) is 0 Å². The molecule has 84 valence electrons. The highest BCUT2D eigenvalue weighted by atomic mass is 79.9. The van der Waals surface area contributed by atoms with E-state index in [1.54, 1.807) is 13.1 Å². The largest absolute Gasteiger partial charge is 0.358 e. The molecule has 1 aromatic rings. The lowest BCUT2D eigenvalue weighted by Gasteiger charge is -2.13. The number of nitrogens with zero attached hydrogens (tertiary/aromatic N) is 1. The maximum atomic E-state index is 11.9.